The molecule has 0 saturated heterocycles. The number of benzene rings is 1. The molecule has 1 nitrogen and oxygen atoms in total. The summed E-state index contributed by atoms with van der Waals surface area (Å²) in [5, 5.41) is 0. The van der Waals surface area contributed by atoms with E-state index in [0.717, 1.165) is 11.8 Å². The van der Waals surface area contributed by atoms with Crippen LogP contribution >= 0.6 is 0 Å². The molecule has 0 saturated carbocycles. The van der Waals surface area contributed by atoms with Crippen LogP contribution in [0.2, 0.25) is 0 Å². The van der Waals surface area contributed by atoms with Crippen LogP contribution in [-0.4, -0.2) is 11.7 Å². The van der Waals surface area contributed by atoms with Gasteiger partial charge >= 0.3 is 5.92 Å². The van der Waals surface area contributed by atoms with Crippen molar-refractivity contribution in [3.63, 3.8) is 0 Å². The Labute approximate surface area is 92.2 Å². The second-order valence-electron chi connectivity index (χ2n) is 3.95. The molecule has 0 bridgehead atoms. The van der Waals surface area contributed by atoms with Crippen LogP contribution in [0.15, 0.2) is 42.6 Å². The van der Waals surface area contributed by atoms with Gasteiger partial charge in [0.05, 0.1) is 0 Å². The van der Waals surface area contributed by atoms with Gasteiger partial charge in [-0.1, -0.05) is 24.3 Å². The number of hydrogen-bond acceptors (Lipinski definition) is 1. The number of allylic oxidation sites excluding steroid dienone is 1. The quantitative estimate of drug-likeness (QED) is 0.661. The molecule has 2 rings (SSSR count). The molecule has 0 spiro atoms. The van der Waals surface area contributed by atoms with Crippen molar-refractivity contribution in [3.05, 3.63) is 42.6 Å². The fourth-order valence-electron chi connectivity index (χ4n) is 1.73. The smallest absolute Gasteiger partial charge is 0.303 e. The van der Waals surface area contributed by atoms with Gasteiger partial charge in [-0.25, -0.2) is 13.2 Å². The molecule has 0 N–H and O–H groups in total. The molecule has 1 heterocycles. The van der Waals surface area contributed by atoms with Crippen molar-refractivity contribution in [1.82, 2.24) is 0 Å². The Bertz CT molecular complexity index is 398. The summed E-state index contributed by atoms with van der Waals surface area (Å²) < 4.78 is 41.0. The zero-order valence-electron chi connectivity index (χ0n) is 8.83. The number of halogens is 3. The normalized spacial score (nSPS) is 28.1. The molecule has 86 valence electrons. The predicted molar refractivity (Wildman–Crippen MR) is 57.1 cm³/mol. The van der Waals surface area contributed by atoms with Crippen LogP contribution in [0.5, 0.6) is 0 Å². The van der Waals surface area contributed by atoms with E-state index in [1.807, 2.05) is 0 Å². The standard InChI is InChI=1S/C12H12F3N/c1-11(13)12(14,15)8-5-9-16(11)10-6-3-2-4-7-10/h2-7,9H,8H2,1H3. The molecule has 16 heavy (non-hydrogen) atoms. The van der Waals surface area contributed by atoms with Gasteiger partial charge in [0.25, 0.3) is 0 Å². The van der Waals surface area contributed by atoms with Gasteiger partial charge in [0, 0.05) is 18.3 Å². The van der Waals surface area contributed by atoms with Gasteiger partial charge in [-0.15, -0.1) is 0 Å². The van der Waals surface area contributed by atoms with Crippen molar-refractivity contribution >= 4 is 5.69 Å². The maximum absolute atomic E-state index is 14.1. The molecule has 0 fully saturated rings. The van der Waals surface area contributed by atoms with Gasteiger partial charge in [0.2, 0.25) is 5.79 Å². The van der Waals surface area contributed by atoms with E-state index in [2.05, 4.69) is 0 Å². The van der Waals surface area contributed by atoms with Gasteiger partial charge in [-0.05, 0) is 19.1 Å². The van der Waals surface area contributed by atoms with Crippen LogP contribution in [0.1, 0.15) is 13.3 Å². The van der Waals surface area contributed by atoms with Crippen molar-refractivity contribution in [2.45, 2.75) is 25.1 Å². The van der Waals surface area contributed by atoms with Crippen LogP contribution in [-0.2, 0) is 0 Å². The number of anilines is 1. The summed E-state index contributed by atoms with van der Waals surface area (Å²) in [6.45, 7) is 0.906. The third-order valence-corrected chi connectivity index (χ3v) is 2.78. The first-order valence-corrected chi connectivity index (χ1v) is 5.03. The summed E-state index contributed by atoms with van der Waals surface area (Å²) in [4.78, 5) is 0.969. The van der Waals surface area contributed by atoms with E-state index in [0.29, 0.717) is 5.69 Å². The molecule has 1 aromatic rings. The van der Waals surface area contributed by atoms with Gasteiger partial charge in [0.1, 0.15) is 0 Å². The van der Waals surface area contributed by atoms with Crippen LogP contribution in [0.4, 0.5) is 18.9 Å². The molecule has 1 aromatic carbocycles. The first kappa shape index (κ1) is 11.0. The first-order chi connectivity index (χ1) is 7.45. The van der Waals surface area contributed by atoms with Gasteiger partial charge < -0.3 is 4.90 Å². The molecule has 1 aliphatic rings. The Morgan fingerprint density at radius 2 is 1.75 bits per heavy atom. The lowest BCUT2D eigenvalue weighted by Gasteiger charge is -2.41. The van der Waals surface area contributed by atoms with Crippen molar-refractivity contribution in [2.24, 2.45) is 0 Å². The third-order valence-electron chi connectivity index (χ3n) is 2.78. The van der Waals surface area contributed by atoms with E-state index >= 15 is 0 Å². The number of alkyl halides is 3. The second-order valence-corrected chi connectivity index (χ2v) is 3.95. The summed E-state index contributed by atoms with van der Waals surface area (Å²) >= 11 is 0. The number of rotatable bonds is 1. The van der Waals surface area contributed by atoms with Crippen molar-refractivity contribution < 1.29 is 13.2 Å². The van der Waals surface area contributed by atoms with Gasteiger partial charge in [-0.2, -0.15) is 0 Å². The molecule has 1 aliphatic heterocycles. The number of hydrogen-bond donors (Lipinski definition) is 0. The van der Waals surface area contributed by atoms with Crippen LogP contribution in [0.25, 0.3) is 0 Å². The van der Waals surface area contributed by atoms with E-state index in [1.165, 1.54) is 12.3 Å². The summed E-state index contributed by atoms with van der Waals surface area (Å²) in [5.74, 6) is -6.07. The Balaban J connectivity index is 2.43. The van der Waals surface area contributed by atoms with E-state index < -0.39 is 18.1 Å². The lowest BCUT2D eigenvalue weighted by atomic mass is 10.00. The lowest BCUT2D eigenvalue weighted by Crippen LogP contribution is -2.55. The Hall–Kier alpha value is -1.45. The van der Waals surface area contributed by atoms with E-state index in [-0.39, 0.29) is 0 Å². The molecule has 0 radical (unpaired) electrons. The highest BCUT2D eigenvalue weighted by atomic mass is 19.3. The van der Waals surface area contributed by atoms with Crippen molar-refractivity contribution in [3.8, 4) is 0 Å². The zero-order valence-corrected chi connectivity index (χ0v) is 8.83. The highest BCUT2D eigenvalue weighted by Crippen LogP contribution is 2.43. The highest BCUT2D eigenvalue weighted by Gasteiger charge is 2.55. The Morgan fingerprint density at radius 3 is 2.38 bits per heavy atom. The molecule has 4 heteroatoms. The minimum Gasteiger partial charge on any atom is -0.311 e. The zero-order chi connectivity index (χ0) is 11.8. The lowest BCUT2D eigenvalue weighted by molar-refractivity contribution is -0.127. The summed E-state index contributed by atoms with van der Waals surface area (Å²) in [6.07, 6.45) is 2.09. The molecule has 1 atom stereocenters. The summed E-state index contributed by atoms with van der Waals surface area (Å²) in [5.41, 5.74) is 0.420. The third kappa shape index (κ3) is 1.58. The molecule has 1 unspecified atom stereocenters. The Kier molecular flexibility index (Phi) is 2.45. The predicted octanol–water partition coefficient (Wildman–Crippen LogP) is 3.73. The first-order valence-electron chi connectivity index (χ1n) is 5.03. The van der Waals surface area contributed by atoms with Gasteiger partial charge in [-0.3, -0.25) is 0 Å². The van der Waals surface area contributed by atoms with E-state index in [9.17, 15) is 13.2 Å². The van der Waals surface area contributed by atoms with Crippen LogP contribution in [0.3, 0.4) is 0 Å². The van der Waals surface area contributed by atoms with Crippen molar-refractivity contribution in [1.29, 1.82) is 0 Å². The van der Waals surface area contributed by atoms with Crippen LogP contribution < -0.4 is 4.90 Å². The minimum absolute atomic E-state index is 0.420. The largest absolute Gasteiger partial charge is 0.311 e. The summed E-state index contributed by atoms with van der Waals surface area (Å²) in [7, 11) is 0. The van der Waals surface area contributed by atoms with E-state index in [1.54, 1.807) is 30.3 Å². The van der Waals surface area contributed by atoms with Crippen molar-refractivity contribution in [2.75, 3.05) is 4.90 Å². The average molecular weight is 227 g/mol. The molecular formula is C12H12F3N. The maximum Gasteiger partial charge on any atom is 0.303 e. The second kappa shape index (κ2) is 3.54. The fourth-order valence-corrected chi connectivity index (χ4v) is 1.73. The van der Waals surface area contributed by atoms with E-state index in [4.69, 9.17) is 0 Å². The molecule has 0 aromatic heterocycles. The SMILES string of the molecule is CC1(F)N(c2ccccc2)C=CCC1(F)F. The number of para-hydroxylation sites is 1. The Morgan fingerprint density at radius 1 is 1.12 bits per heavy atom. The van der Waals surface area contributed by atoms with Gasteiger partial charge in [0.15, 0.2) is 0 Å². The molecule has 0 amide bonds. The monoisotopic (exact) mass is 227 g/mol. The maximum atomic E-state index is 14.1. The minimum atomic E-state index is -3.38. The molecule has 0 aliphatic carbocycles. The topological polar surface area (TPSA) is 3.24 Å². The average Bonchev–Trinajstić information content (AvgIpc) is 2.23. The number of nitrogens with zero attached hydrogens (tertiary/aromatic N) is 1. The summed E-state index contributed by atoms with van der Waals surface area (Å²) in [6, 6.07) is 8.33. The highest BCUT2D eigenvalue weighted by molar-refractivity contribution is 5.52. The fraction of sp³-hybridized carbons (Fsp3) is 0.333. The van der Waals surface area contributed by atoms with Crippen LogP contribution in [0, 0.1) is 0 Å². The molecular weight excluding hydrogens is 215 g/mol.